The lowest BCUT2D eigenvalue weighted by Gasteiger charge is -2.37. The number of allylic oxidation sites excluding steroid dienone is 3. The van der Waals surface area contributed by atoms with Gasteiger partial charge in [-0.1, -0.05) is 24.3 Å². The monoisotopic (exact) mass is 465 g/mol. The Labute approximate surface area is 199 Å². The maximum absolute atomic E-state index is 13.2. The van der Waals surface area contributed by atoms with Gasteiger partial charge in [0.25, 0.3) is 5.91 Å². The van der Waals surface area contributed by atoms with E-state index in [0.717, 1.165) is 43.8 Å². The summed E-state index contributed by atoms with van der Waals surface area (Å²) in [5.41, 5.74) is 4.73. The summed E-state index contributed by atoms with van der Waals surface area (Å²) < 4.78 is 5.07. The molecule has 4 bridgehead atoms. The van der Waals surface area contributed by atoms with Gasteiger partial charge in [0.15, 0.2) is 0 Å². The standard InChI is InChI=1S/C27H19N3O5/c1-26-23-21-17(16-10-30(35-26)11-27(33,22(16)23)25(32)34-2)12-4-3-5-13(12)18-19(21)14(7-9-29-26)15-6-8-28-24(31)20(15)18/h3-7,9-10,33H,8,11H2,1-2H3,(H,28,31)/b14-7-,29-9?/t26-,27-/m1/s1. The zero-order valence-corrected chi connectivity index (χ0v) is 18.9. The van der Waals surface area contributed by atoms with Crippen LogP contribution in [0.15, 0.2) is 40.6 Å². The summed E-state index contributed by atoms with van der Waals surface area (Å²) in [6, 6.07) is 0. The van der Waals surface area contributed by atoms with Gasteiger partial charge in [-0.05, 0) is 46.1 Å². The topological polar surface area (TPSA) is 100 Å². The normalized spacial score (nSPS) is 31.1. The van der Waals surface area contributed by atoms with Crippen LogP contribution in [0.25, 0.3) is 34.4 Å². The first-order valence-electron chi connectivity index (χ1n) is 11.5. The molecular formula is C27H19N3O5. The first-order valence-corrected chi connectivity index (χ1v) is 11.5. The molecule has 0 saturated carbocycles. The second kappa shape index (κ2) is 5.79. The Kier molecular flexibility index (Phi) is 3.19. The maximum Gasteiger partial charge on any atom is 0.344 e. The van der Waals surface area contributed by atoms with Crippen LogP contribution < -0.4 is 15.8 Å². The van der Waals surface area contributed by atoms with E-state index >= 15 is 0 Å². The number of hydroxylamine groups is 2. The molecule has 0 aromatic heterocycles. The van der Waals surface area contributed by atoms with Crippen molar-refractivity contribution >= 4 is 52.5 Å². The van der Waals surface area contributed by atoms with Gasteiger partial charge in [-0.15, -0.1) is 0 Å². The highest BCUT2D eigenvalue weighted by atomic mass is 16.7. The van der Waals surface area contributed by atoms with Crippen LogP contribution in [-0.4, -0.2) is 59.8 Å². The molecule has 0 saturated heterocycles. The van der Waals surface area contributed by atoms with Gasteiger partial charge in [-0.25, -0.2) is 9.63 Å². The van der Waals surface area contributed by atoms with Crippen LogP contribution in [0.2, 0.25) is 0 Å². The molecule has 35 heavy (non-hydrogen) atoms. The van der Waals surface area contributed by atoms with Crippen LogP contribution >= 0.6 is 0 Å². The zero-order valence-electron chi connectivity index (χ0n) is 18.9. The van der Waals surface area contributed by atoms with E-state index in [9.17, 15) is 14.7 Å². The van der Waals surface area contributed by atoms with E-state index in [1.165, 1.54) is 12.2 Å². The van der Waals surface area contributed by atoms with E-state index in [0.29, 0.717) is 28.8 Å². The van der Waals surface area contributed by atoms with Crippen molar-refractivity contribution < 1.29 is 24.3 Å². The quantitative estimate of drug-likeness (QED) is 0.574. The lowest BCUT2D eigenvalue weighted by Crippen LogP contribution is -2.51. The molecule has 9 rings (SSSR count). The highest BCUT2D eigenvalue weighted by Gasteiger charge is 2.59. The Morgan fingerprint density at radius 3 is 2.89 bits per heavy atom. The SMILES string of the molecule is COC(=O)[C@@]1(O)CN2C=C3C1=C1c4c3c3c(c5c4/C(=C\C=N[C@]1(C)O2)C1=CCNC(=O)C=51)=CC=C3. The smallest absolute Gasteiger partial charge is 0.344 e. The van der Waals surface area contributed by atoms with Gasteiger partial charge in [0, 0.05) is 46.5 Å². The van der Waals surface area contributed by atoms with E-state index in [2.05, 4.69) is 5.32 Å². The lowest BCUT2D eigenvalue weighted by atomic mass is 9.82. The Morgan fingerprint density at radius 1 is 1.20 bits per heavy atom. The van der Waals surface area contributed by atoms with Crippen LogP contribution in [0.1, 0.15) is 29.2 Å². The number of carbonyl (C=O) groups is 2. The number of rotatable bonds is 1. The minimum atomic E-state index is -1.94. The van der Waals surface area contributed by atoms with E-state index in [1.807, 2.05) is 43.5 Å². The van der Waals surface area contributed by atoms with Crippen molar-refractivity contribution in [2.75, 3.05) is 20.2 Å². The third-order valence-corrected chi connectivity index (χ3v) is 7.93. The van der Waals surface area contributed by atoms with Crippen LogP contribution in [0, 0.1) is 0 Å². The van der Waals surface area contributed by atoms with Crippen molar-refractivity contribution in [1.29, 1.82) is 0 Å². The summed E-state index contributed by atoms with van der Waals surface area (Å²) in [6.07, 6.45) is 13.5. The average Bonchev–Trinajstić information content (AvgIpc) is 3.47. The van der Waals surface area contributed by atoms with Gasteiger partial charge in [0.2, 0.25) is 11.3 Å². The first-order chi connectivity index (χ1) is 16.9. The van der Waals surface area contributed by atoms with Gasteiger partial charge in [0.1, 0.15) is 0 Å². The van der Waals surface area contributed by atoms with Crippen molar-refractivity contribution in [2.45, 2.75) is 18.2 Å². The number of ether oxygens (including phenoxy) is 1. The minimum absolute atomic E-state index is 0.112. The molecule has 3 aliphatic carbocycles. The molecule has 5 heterocycles. The van der Waals surface area contributed by atoms with Crippen LogP contribution in [0.4, 0.5) is 0 Å². The van der Waals surface area contributed by atoms with Gasteiger partial charge in [-0.2, -0.15) is 0 Å². The average molecular weight is 465 g/mol. The molecule has 2 atom stereocenters. The highest BCUT2D eigenvalue weighted by Crippen LogP contribution is 2.59. The molecule has 5 aliphatic heterocycles. The summed E-state index contributed by atoms with van der Waals surface area (Å²) >= 11 is 0. The van der Waals surface area contributed by atoms with Crippen molar-refractivity contribution in [1.82, 2.24) is 10.4 Å². The van der Waals surface area contributed by atoms with E-state index in [1.54, 1.807) is 6.21 Å². The third-order valence-electron chi connectivity index (χ3n) is 7.93. The van der Waals surface area contributed by atoms with Gasteiger partial charge < -0.3 is 15.2 Å². The second-order valence-corrected chi connectivity index (χ2v) is 9.71. The molecule has 2 N–H and O–H groups in total. The molecule has 1 aromatic rings. The third kappa shape index (κ3) is 1.98. The van der Waals surface area contributed by atoms with Crippen molar-refractivity contribution in [3.8, 4) is 0 Å². The number of hydrogen-bond donors (Lipinski definition) is 2. The number of carbonyl (C=O) groups excluding carboxylic acids is 2. The molecular weight excluding hydrogens is 446 g/mol. The Bertz CT molecular complexity index is 1700. The number of hydrogen-bond acceptors (Lipinski definition) is 7. The van der Waals surface area contributed by atoms with Crippen LogP contribution in [-0.2, 0) is 19.2 Å². The fraction of sp³-hybridized carbons (Fsp3) is 0.222. The summed E-state index contributed by atoms with van der Waals surface area (Å²) in [5.74, 6) is -0.864. The van der Waals surface area contributed by atoms with E-state index < -0.39 is 17.3 Å². The largest absolute Gasteiger partial charge is 0.467 e. The molecule has 0 unspecified atom stereocenters. The Morgan fingerprint density at radius 2 is 2.06 bits per heavy atom. The number of nitrogens with one attached hydrogen (secondary N) is 1. The number of amides is 1. The number of fused-ring (bicyclic) bond motifs is 6. The molecule has 0 spiro atoms. The number of benzene rings is 1. The molecule has 1 aromatic carbocycles. The lowest BCUT2D eigenvalue weighted by molar-refractivity contribution is -0.205. The number of aliphatic imine (C=N–C) groups is 1. The maximum atomic E-state index is 13.2. The number of nitrogens with zero attached hydrogens (tertiary/aromatic N) is 2. The summed E-state index contributed by atoms with van der Waals surface area (Å²) in [7, 11) is 1.27. The van der Waals surface area contributed by atoms with Gasteiger partial charge in [0.05, 0.1) is 19.2 Å². The van der Waals surface area contributed by atoms with Gasteiger partial charge in [-0.3, -0.25) is 14.9 Å². The first kappa shape index (κ1) is 19.3. The van der Waals surface area contributed by atoms with E-state index in [-0.39, 0.29) is 12.5 Å². The molecule has 0 radical (unpaired) electrons. The zero-order chi connectivity index (χ0) is 23.9. The predicted octanol–water partition coefficient (Wildman–Crippen LogP) is 0.171. The number of methoxy groups -OCH3 is 1. The fourth-order valence-corrected chi connectivity index (χ4v) is 6.71. The Hall–Kier alpha value is -4.01. The van der Waals surface area contributed by atoms with E-state index in [4.69, 9.17) is 14.6 Å². The molecule has 172 valence electrons. The van der Waals surface area contributed by atoms with Crippen molar-refractivity contribution in [3.63, 3.8) is 0 Å². The summed E-state index contributed by atoms with van der Waals surface area (Å²) in [6.45, 7) is 2.17. The Balaban J connectivity index is 1.64. The molecule has 0 fully saturated rings. The molecule has 8 heteroatoms. The van der Waals surface area contributed by atoms with Crippen molar-refractivity contribution in [3.05, 3.63) is 68.3 Å². The molecule has 8 aliphatic rings. The number of esters is 1. The predicted molar refractivity (Wildman–Crippen MR) is 128 cm³/mol. The second-order valence-electron chi connectivity index (χ2n) is 9.71. The van der Waals surface area contributed by atoms with Gasteiger partial charge >= 0.3 is 5.97 Å². The molecule has 1 amide bonds. The van der Waals surface area contributed by atoms with Crippen molar-refractivity contribution in [2.24, 2.45) is 4.99 Å². The summed E-state index contributed by atoms with van der Waals surface area (Å²) in [4.78, 5) is 37.3. The molecule has 8 nitrogen and oxygen atoms in total. The number of aliphatic hydroxyl groups is 1. The highest BCUT2D eigenvalue weighted by molar-refractivity contribution is 6.30. The summed E-state index contributed by atoms with van der Waals surface area (Å²) in [5, 5.41) is 18.1. The van der Waals surface area contributed by atoms with Crippen LogP contribution in [0.3, 0.4) is 0 Å². The fourth-order valence-electron chi connectivity index (χ4n) is 6.71. The van der Waals surface area contributed by atoms with Crippen LogP contribution in [0.5, 0.6) is 0 Å². The minimum Gasteiger partial charge on any atom is -0.467 e.